The molecule has 0 unspecified atom stereocenters. The topological polar surface area (TPSA) is 95.7 Å². The fourth-order valence-electron chi connectivity index (χ4n) is 3.90. The van der Waals surface area contributed by atoms with Crippen molar-refractivity contribution >= 4 is 38.5 Å². The molecule has 184 valence electrons. The summed E-state index contributed by atoms with van der Waals surface area (Å²) < 4.78 is 8.37. The largest absolute Gasteiger partial charge is 0.439 e. The number of hydroxylamine groups is 2. The van der Waals surface area contributed by atoms with Crippen molar-refractivity contribution in [2.45, 2.75) is 33.7 Å². The van der Waals surface area contributed by atoms with E-state index < -0.39 is 17.3 Å². The zero-order chi connectivity index (χ0) is 25.5. The summed E-state index contributed by atoms with van der Waals surface area (Å²) in [6.07, 6.45) is 1.34. The quantitative estimate of drug-likeness (QED) is 0.389. The number of para-hydroxylation sites is 1. The highest BCUT2D eigenvalue weighted by Crippen LogP contribution is 2.38. The summed E-state index contributed by atoms with van der Waals surface area (Å²) in [6, 6.07) is 9.66. The maximum atomic E-state index is 13.3. The van der Waals surface area contributed by atoms with Crippen molar-refractivity contribution < 1.29 is 14.4 Å². The van der Waals surface area contributed by atoms with Crippen molar-refractivity contribution in [3.05, 3.63) is 67.8 Å². The molecule has 0 fully saturated rings. The number of hydrogen-bond donors (Lipinski definition) is 0. The lowest BCUT2D eigenvalue weighted by Gasteiger charge is -2.20. The molecule has 1 aromatic carbocycles. The van der Waals surface area contributed by atoms with E-state index in [2.05, 4.69) is 4.98 Å². The van der Waals surface area contributed by atoms with Crippen molar-refractivity contribution in [3.63, 3.8) is 0 Å². The number of pyridine rings is 1. The molecule has 4 rings (SSSR count). The first-order chi connectivity index (χ1) is 16.5. The molecule has 3 heterocycles. The first-order valence-electron chi connectivity index (χ1n) is 11.1. The number of ether oxygens (including phenoxy) is 1. The molecule has 0 saturated carbocycles. The van der Waals surface area contributed by atoms with Gasteiger partial charge in [0.05, 0.1) is 17.5 Å². The molecule has 0 radical (unpaired) electrons. The van der Waals surface area contributed by atoms with Crippen molar-refractivity contribution in [3.8, 4) is 5.75 Å². The number of thiophene rings is 1. The van der Waals surface area contributed by atoms with Gasteiger partial charge in [0.2, 0.25) is 0 Å². The molecule has 0 aliphatic carbocycles. The minimum atomic E-state index is -0.774. The zero-order valence-corrected chi connectivity index (χ0v) is 21.4. The first kappa shape index (κ1) is 24.6. The smallest absolute Gasteiger partial charge is 0.407 e. The molecule has 9 nitrogen and oxygen atoms in total. The van der Waals surface area contributed by atoms with Gasteiger partial charge in [-0.3, -0.25) is 23.8 Å². The SMILES string of the molecule is CON(C)C(=O)Oc1c(Cc2ccnc3ccccc23)sc2c1c(=O)n(C)c(=O)n2CC(C)(C)C. The summed E-state index contributed by atoms with van der Waals surface area (Å²) in [5, 5.41) is 2.09. The average Bonchev–Trinajstić information content (AvgIpc) is 3.17. The molecule has 0 spiro atoms. The highest BCUT2D eigenvalue weighted by molar-refractivity contribution is 7.19. The van der Waals surface area contributed by atoms with Crippen LogP contribution < -0.4 is 16.0 Å². The first-order valence-corrected chi connectivity index (χ1v) is 11.9. The Morgan fingerprint density at radius 1 is 1.17 bits per heavy atom. The van der Waals surface area contributed by atoms with Gasteiger partial charge in [-0.2, -0.15) is 5.06 Å². The minimum absolute atomic E-state index is 0.142. The predicted molar refractivity (Wildman–Crippen MR) is 136 cm³/mol. The van der Waals surface area contributed by atoms with E-state index in [4.69, 9.17) is 9.57 Å². The summed E-state index contributed by atoms with van der Waals surface area (Å²) in [6.45, 7) is 6.44. The van der Waals surface area contributed by atoms with Gasteiger partial charge in [0.25, 0.3) is 5.56 Å². The number of carbonyl (C=O) groups excluding carboxylic acids is 1. The molecule has 35 heavy (non-hydrogen) atoms. The summed E-state index contributed by atoms with van der Waals surface area (Å²) in [5.74, 6) is 0.142. The van der Waals surface area contributed by atoms with Gasteiger partial charge in [-0.25, -0.2) is 9.59 Å². The second-order valence-corrected chi connectivity index (χ2v) is 10.6. The van der Waals surface area contributed by atoms with Crippen LogP contribution in [0.4, 0.5) is 4.79 Å². The van der Waals surface area contributed by atoms with Crippen LogP contribution in [0.25, 0.3) is 21.1 Å². The fraction of sp³-hybridized carbons (Fsp3) is 0.360. The molecule has 0 atom stereocenters. The van der Waals surface area contributed by atoms with Gasteiger partial charge in [-0.05, 0) is 23.1 Å². The van der Waals surface area contributed by atoms with Crippen molar-refractivity contribution in [2.75, 3.05) is 14.2 Å². The Morgan fingerprint density at radius 3 is 2.57 bits per heavy atom. The van der Waals surface area contributed by atoms with Crippen LogP contribution in [-0.4, -0.2) is 39.4 Å². The molecular formula is C25H28N4O5S. The monoisotopic (exact) mass is 496 g/mol. The van der Waals surface area contributed by atoms with Crippen LogP contribution in [0.5, 0.6) is 5.75 Å². The highest BCUT2D eigenvalue weighted by Gasteiger charge is 2.27. The number of rotatable bonds is 5. The van der Waals surface area contributed by atoms with E-state index in [1.54, 1.807) is 10.8 Å². The third kappa shape index (κ3) is 4.71. The number of fused-ring (bicyclic) bond motifs is 2. The van der Waals surface area contributed by atoms with Gasteiger partial charge < -0.3 is 4.74 Å². The van der Waals surface area contributed by atoms with Crippen LogP contribution in [0.15, 0.2) is 46.1 Å². The molecule has 0 aliphatic heterocycles. The van der Waals surface area contributed by atoms with Crippen LogP contribution in [0.2, 0.25) is 0 Å². The Morgan fingerprint density at radius 2 is 1.89 bits per heavy atom. The van der Waals surface area contributed by atoms with E-state index in [-0.39, 0.29) is 16.6 Å². The second kappa shape index (κ2) is 9.27. The highest BCUT2D eigenvalue weighted by atomic mass is 32.1. The second-order valence-electron chi connectivity index (χ2n) is 9.54. The molecular weight excluding hydrogens is 468 g/mol. The van der Waals surface area contributed by atoms with E-state index in [0.717, 1.165) is 26.1 Å². The summed E-state index contributed by atoms with van der Waals surface area (Å²) in [4.78, 5) is 49.6. The standard InChI is InChI=1S/C25H28N4O5S/c1-25(2,3)14-29-22-19(21(30)27(4)23(29)31)20(34-24(32)28(5)33-6)18(35-22)13-15-11-12-26-17-10-8-7-9-16(15)17/h7-12H,13-14H2,1-6H3. The van der Waals surface area contributed by atoms with Crippen LogP contribution in [0.3, 0.4) is 0 Å². The number of aromatic nitrogens is 3. The third-order valence-electron chi connectivity index (χ3n) is 5.64. The normalized spacial score (nSPS) is 11.8. The minimum Gasteiger partial charge on any atom is -0.407 e. The van der Waals surface area contributed by atoms with Gasteiger partial charge in [0.15, 0.2) is 5.75 Å². The van der Waals surface area contributed by atoms with Crippen molar-refractivity contribution in [2.24, 2.45) is 12.5 Å². The Balaban J connectivity index is 2.00. The molecule has 0 N–H and O–H groups in total. The maximum absolute atomic E-state index is 13.3. The lowest BCUT2D eigenvalue weighted by Crippen LogP contribution is -2.39. The molecule has 3 aromatic heterocycles. The van der Waals surface area contributed by atoms with E-state index in [0.29, 0.717) is 22.7 Å². The van der Waals surface area contributed by atoms with Crippen LogP contribution in [0.1, 0.15) is 31.2 Å². The summed E-state index contributed by atoms with van der Waals surface area (Å²) >= 11 is 1.29. The average molecular weight is 497 g/mol. The van der Waals surface area contributed by atoms with E-state index in [1.165, 1.54) is 32.5 Å². The molecule has 10 heteroatoms. The molecule has 0 bridgehead atoms. The van der Waals surface area contributed by atoms with Gasteiger partial charge in [0, 0.05) is 38.6 Å². The Hall–Kier alpha value is -3.50. The van der Waals surface area contributed by atoms with Crippen molar-refractivity contribution in [1.82, 2.24) is 19.2 Å². The molecule has 0 aliphatic rings. The zero-order valence-electron chi connectivity index (χ0n) is 20.6. The van der Waals surface area contributed by atoms with E-state index in [1.807, 2.05) is 51.1 Å². The van der Waals surface area contributed by atoms with Crippen molar-refractivity contribution in [1.29, 1.82) is 0 Å². The number of carbonyl (C=O) groups is 1. The van der Waals surface area contributed by atoms with E-state index >= 15 is 0 Å². The fourth-order valence-corrected chi connectivity index (χ4v) is 5.13. The van der Waals surface area contributed by atoms with E-state index in [9.17, 15) is 14.4 Å². The lowest BCUT2D eigenvalue weighted by molar-refractivity contribution is -0.0789. The van der Waals surface area contributed by atoms with Crippen LogP contribution in [-0.2, 0) is 24.9 Å². The maximum Gasteiger partial charge on any atom is 0.439 e. The van der Waals surface area contributed by atoms with Gasteiger partial charge in [-0.1, -0.05) is 39.0 Å². The van der Waals surface area contributed by atoms with Gasteiger partial charge in [-0.15, -0.1) is 11.3 Å². The Kier molecular flexibility index (Phi) is 6.52. The Labute approximate surface area is 206 Å². The molecule has 0 saturated heterocycles. The third-order valence-corrected chi connectivity index (χ3v) is 6.83. The number of nitrogens with zero attached hydrogens (tertiary/aromatic N) is 4. The van der Waals surface area contributed by atoms with Gasteiger partial charge in [0.1, 0.15) is 10.2 Å². The van der Waals surface area contributed by atoms with Crippen LogP contribution >= 0.6 is 11.3 Å². The van der Waals surface area contributed by atoms with Gasteiger partial charge >= 0.3 is 11.8 Å². The molecule has 4 aromatic rings. The molecule has 1 amide bonds. The number of hydrogen-bond acceptors (Lipinski definition) is 7. The Bertz CT molecular complexity index is 1540. The lowest BCUT2D eigenvalue weighted by atomic mass is 9.97. The van der Waals surface area contributed by atoms with Crippen LogP contribution in [0, 0.1) is 5.41 Å². The number of benzene rings is 1. The summed E-state index contributed by atoms with van der Waals surface area (Å²) in [5.41, 5.74) is 0.643. The summed E-state index contributed by atoms with van der Waals surface area (Å²) in [7, 11) is 4.20. The number of amides is 1. The predicted octanol–water partition coefficient (Wildman–Crippen LogP) is 3.94.